The maximum atomic E-state index is 0. The molecule has 0 aliphatic rings. The zero-order chi connectivity index (χ0) is 0. The predicted octanol–water partition coefficient (Wildman–Crippen LogP) is -24.0. The van der Waals surface area contributed by atoms with Crippen molar-refractivity contribution in [2.24, 2.45) is 0 Å². The molecule has 0 aromatic carbocycles. The first-order chi connectivity index (χ1) is 0. The van der Waals surface area contributed by atoms with E-state index in [2.05, 4.69) is 0 Å². The van der Waals surface area contributed by atoms with Gasteiger partial charge in [0.25, 0.3) is 0 Å². The maximum Gasteiger partial charge on any atom is 4.00 e. The van der Waals surface area contributed by atoms with Crippen LogP contribution in [0.15, 0.2) is 0 Å². The van der Waals surface area contributed by atoms with Crippen LogP contribution in [0.4, 0.5) is 0 Å². The summed E-state index contributed by atoms with van der Waals surface area (Å²) in [7, 11) is 0. The topological polar surface area (TPSA) is 0 Å². The second kappa shape index (κ2) is 126. The van der Waals surface area contributed by atoms with Gasteiger partial charge in [-0.2, -0.15) is 0 Å². The number of rotatable bonds is 0. The van der Waals surface area contributed by atoms with Gasteiger partial charge in [0.2, 0.25) is 0 Å². The fourth-order valence-corrected chi connectivity index (χ4v) is 0. The van der Waals surface area contributed by atoms with Gasteiger partial charge < -0.3 is 28.2 Å². The van der Waals surface area contributed by atoms with E-state index in [4.69, 9.17) is 0 Å². The smallest absolute Gasteiger partial charge is 1.00 e. The molecule has 0 nitrogen and oxygen atoms in total. The Morgan fingerprint density at radius 1 is 0.444 bits per heavy atom. The van der Waals surface area contributed by atoms with E-state index >= 15 is 0 Å². The predicted molar refractivity (Wildman–Crippen MR) is 0 cm³/mol. The van der Waals surface area contributed by atoms with Crippen LogP contribution in [0.3, 0.4) is 0 Å². The molecule has 9 heteroatoms. The first-order valence-corrected chi connectivity index (χ1v) is 0. The average Bonchev–Trinajstić information content (AvgIpc) is 0. The van der Waals surface area contributed by atoms with Crippen LogP contribution in [0.2, 0.25) is 0 Å². The molecular weight excluding hydrogens is 224 g/mol. The van der Waals surface area contributed by atoms with Gasteiger partial charge in [-0.25, -0.2) is 0 Å². The third kappa shape index (κ3) is 102. The molecule has 0 atom stereocenters. The summed E-state index contributed by atoms with van der Waals surface area (Å²) in [5.41, 5.74) is 0. The molecule has 0 spiro atoms. The van der Waals surface area contributed by atoms with Crippen LogP contribution in [0.25, 0.3) is 0 Å². The average molecular weight is 224 g/mol. The van der Waals surface area contributed by atoms with E-state index in [1.54, 1.807) is 0 Å². The fraction of sp³-hybridized carbons (Fsp3) is 0. The summed E-state index contributed by atoms with van der Waals surface area (Å²) in [5.74, 6) is 0. The van der Waals surface area contributed by atoms with Gasteiger partial charge in [0.15, 0.2) is 0 Å². The third-order valence-corrected chi connectivity index (χ3v) is 0. The summed E-state index contributed by atoms with van der Waals surface area (Å²) in [4.78, 5) is 0. The van der Waals surface area contributed by atoms with Crippen molar-refractivity contribution in [2.75, 3.05) is 0 Å². The van der Waals surface area contributed by atoms with Crippen LogP contribution >= 0.6 is 0 Å². The first-order valence-electron chi connectivity index (χ1n) is 0. The van der Waals surface area contributed by atoms with E-state index in [9.17, 15) is 0 Å². The molecule has 0 aliphatic carbocycles. The Labute approximate surface area is 128 Å². The minimum absolute atomic E-state index is 0. The van der Waals surface area contributed by atoms with Gasteiger partial charge in [0.1, 0.15) is 0 Å². The summed E-state index contributed by atoms with van der Waals surface area (Å²) in [6, 6.07) is 0. The van der Waals surface area contributed by atoms with E-state index < -0.39 is 0 Å². The van der Waals surface area contributed by atoms with Crippen molar-refractivity contribution >= 4 is 0 Å². The van der Waals surface area contributed by atoms with Gasteiger partial charge in [-0.1, -0.05) is 0 Å². The van der Waals surface area contributed by atoms with Crippen molar-refractivity contribution in [1.82, 2.24) is 0 Å². The van der Waals surface area contributed by atoms with Crippen molar-refractivity contribution < 1.29 is 131 Å². The van der Waals surface area contributed by atoms with Crippen LogP contribution < -0.4 is 109 Å². The third-order valence-electron chi connectivity index (χ3n) is 0. The van der Waals surface area contributed by atoms with Crippen LogP contribution in [-0.2, 0) is 21.7 Å². The zero-order valence-electron chi connectivity index (χ0n) is 4.77. The first kappa shape index (κ1) is 166. The van der Waals surface area contributed by atoms with Gasteiger partial charge in [-0.15, -0.1) is 0 Å². The molecule has 0 fully saturated rings. The molecule has 0 aliphatic heterocycles. The van der Waals surface area contributed by atoms with Crippen LogP contribution in [0, 0.1) is 0 Å². The zero-order valence-corrected chi connectivity index (χ0v) is 11.5. The fourth-order valence-electron chi connectivity index (χ4n) is 0. The molecule has 0 saturated heterocycles. The Morgan fingerprint density at radius 2 is 0.444 bits per heavy atom. The van der Waals surface area contributed by atoms with Gasteiger partial charge in [0.05, 0.1) is 0 Å². The van der Waals surface area contributed by atoms with E-state index in [-0.39, 0.29) is 131 Å². The molecule has 0 unspecified atom stereocenters. The molecule has 0 aromatic heterocycles. The molecule has 0 rings (SSSR count). The second-order valence-corrected chi connectivity index (χ2v) is 0. The molecule has 0 saturated carbocycles. The van der Waals surface area contributed by atoms with Gasteiger partial charge in [-0.3, -0.25) is 0 Å². The Hall–Kier alpha value is 2.93. The van der Waals surface area contributed by atoms with Crippen molar-refractivity contribution in [2.45, 2.75) is 0 Å². The van der Waals surface area contributed by atoms with Crippen molar-refractivity contribution in [3.05, 3.63) is 0 Å². The molecular formula is F6KNaTi. The number of halogens is 6. The normalized spacial score (nSPS) is 0. The molecule has 0 bridgehead atoms. The Bertz CT molecular complexity index is 13.0. The Morgan fingerprint density at radius 3 is 0.444 bits per heavy atom. The maximum absolute atomic E-state index is 0. The molecule has 0 aromatic rings. The van der Waals surface area contributed by atoms with Gasteiger partial charge in [-0.05, 0) is 0 Å². The molecule has 0 heterocycles. The SMILES string of the molecule is [F-].[F-].[F-].[F-].[F-].[F-].[K+].[Na+].[Ti+4]. The summed E-state index contributed by atoms with van der Waals surface area (Å²) >= 11 is 0. The van der Waals surface area contributed by atoms with Crippen LogP contribution in [0.5, 0.6) is 0 Å². The summed E-state index contributed by atoms with van der Waals surface area (Å²) in [6.07, 6.45) is 0. The summed E-state index contributed by atoms with van der Waals surface area (Å²) < 4.78 is 0. The van der Waals surface area contributed by atoms with Crippen LogP contribution in [-0.4, -0.2) is 0 Å². The van der Waals surface area contributed by atoms with E-state index in [1.807, 2.05) is 0 Å². The molecule has 0 amide bonds. The quantitative estimate of drug-likeness (QED) is 0.283. The van der Waals surface area contributed by atoms with E-state index in [1.165, 1.54) is 0 Å². The van der Waals surface area contributed by atoms with Crippen molar-refractivity contribution in [3.63, 3.8) is 0 Å². The molecule has 48 valence electrons. The van der Waals surface area contributed by atoms with Crippen molar-refractivity contribution in [3.8, 4) is 0 Å². The number of hydrogen-bond donors (Lipinski definition) is 0. The number of hydrogen-bond acceptors (Lipinski definition) is 0. The monoisotopic (exact) mass is 224 g/mol. The minimum atomic E-state index is 0. The van der Waals surface area contributed by atoms with E-state index in [0.717, 1.165) is 0 Å². The second-order valence-electron chi connectivity index (χ2n) is 0. The molecule has 9 heavy (non-hydrogen) atoms. The van der Waals surface area contributed by atoms with Crippen molar-refractivity contribution in [1.29, 1.82) is 0 Å². The van der Waals surface area contributed by atoms with Gasteiger partial charge >= 0.3 is 103 Å². The van der Waals surface area contributed by atoms with E-state index in [0.29, 0.717) is 0 Å². The van der Waals surface area contributed by atoms with Crippen LogP contribution in [0.1, 0.15) is 0 Å². The van der Waals surface area contributed by atoms with Gasteiger partial charge in [0, 0.05) is 0 Å². The summed E-state index contributed by atoms with van der Waals surface area (Å²) in [6.45, 7) is 0. The molecule has 0 N–H and O–H groups in total. The largest absolute Gasteiger partial charge is 4.00 e. The molecule has 0 radical (unpaired) electrons. The standard InChI is InChI=1S/6FH.K.Na.Ti/h6*1H;;;/q;;;;;;2*+1;+4/p-6. The Kier molecular flexibility index (Phi) is 2310. The Balaban J connectivity index is 0. The minimum Gasteiger partial charge on any atom is -1.00 e. The summed E-state index contributed by atoms with van der Waals surface area (Å²) in [5, 5.41) is 0.